The summed E-state index contributed by atoms with van der Waals surface area (Å²) in [5, 5.41) is 5.76. The molecule has 0 atom stereocenters. The van der Waals surface area contributed by atoms with Gasteiger partial charge in [0.1, 0.15) is 0 Å². The molecule has 4 nitrogen and oxygen atoms in total. The summed E-state index contributed by atoms with van der Waals surface area (Å²) in [4.78, 5) is 24.7. The normalized spacial score (nSPS) is 13.2. The number of thioether (sulfide) groups is 1. The lowest BCUT2D eigenvalue weighted by atomic mass is 10.0. The van der Waals surface area contributed by atoms with Crippen molar-refractivity contribution in [1.29, 1.82) is 0 Å². The fourth-order valence-electron chi connectivity index (χ4n) is 2.49. The minimum Gasteiger partial charge on any atom is -0.326 e. The molecule has 112 valence electrons. The van der Waals surface area contributed by atoms with Crippen LogP contribution >= 0.6 is 11.8 Å². The third-order valence-corrected chi connectivity index (χ3v) is 4.41. The number of carbonyl (C=O) groups is 2. The van der Waals surface area contributed by atoms with Gasteiger partial charge in [0.25, 0.3) is 5.91 Å². The maximum atomic E-state index is 12.4. The van der Waals surface area contributed by atoms with Crippen LogP contribution in [-0.2, 0) is 11.2 Å². The molecular weight excluding hydrogens is 296 g/mol. The van der Waals surface area contributed by atoms with Crippen molar-refractivity contribution in [3.05, 3.63) is 53.6 Å². The van der Waals surface area contributed by atoms with Crippen molar-refractivity contribution in [3.63, 3.8) is 0 Å². The number of fused-ring (bicyclic) bond motifs is 1. The Kier molecular flexibility index (Phi) is 4.15. The van der Waals surface area contributed by atoms with Crippen LogP contribution in [0, 0.1) is 0 Å². The largest absolute Gasteiger partial charge is 0.326 e. The van der Waals surface area contributed by atoms with E-state index >= 15 is 0 Å². The van der Waals surface area contributed by atoms with Crippen molar-refractivity contribution < 1.29 is 9.59 Å². The van der Waals surface area contributed by atoms with Crippen molar-refractivity contribution in [2.24, 2.45) is 0 Å². The molecule has 2 N–H and O–H groups in total. The third-order valence-electron chi connectivity index (χ3n) is 3.61. The van der Waals surface area contributed by atoms with Crippen LogP contribution < -0.4 is 10.6 Å². The molecule has 0 radical (unpaired) electrons. The van der Waals surface area contributed by atoms with Gasteiger partial charge in [-0.05, 0) is 48.6 Å². The van der Waals surface area contributed by atoms with E-state index in [1.807, 2.05) is 48.7 Å². The molecule has 1 heterocycles. The van der Waals surface area contributed by atoms with E-state index in [2.05, 4.69) is 10.6 Å². The number of aryl methyl sites for hydroxylation is 1. The van der Waals surface area contributed by atoms with Gasteiger partial charge in [0, 0.05) is 22.7 Å². The van der Waals surface area contributed by atoms with E-state index < -0.39 is 0 Å². The van der Waals surface area contributed by atoms with Gasteiger partial charge < -0.3 is 10.6 Å². The zero-order chi connectivity index (χ0) is 15.5. The summed E-state index contributed by atoms with van der Waals surface area (Å²) in [6, 6.07) is 13.1. The van der Waals surface area contributed by atoms with Gasteiger partial charge in [-0.15, -0.1) is 11.8 Å². The lowest BCUT2D eigenvalue weighted by Gasteiger charge is -2.18. The van der Waals surface area contributed by atoms with Gasteiger partial charge in [-0.3, -0.25) is 9.59 Å². The van der Waals surface area contributed by atoms with Crippen LogP contribution in [0.15, 0.2) is 47.4 Å². The van der Waals surface area contributed by atoms with Gasteiger partial charge >= 0.3 is 0 Å². The maximum absolute atomic E-state index is 12.4. The number of carbonyl (C=O) groups excluding carboxylic acids is 2. The number of nitrogens with one attached hydrogen (secondary N) is 2. The average Bonchev–Trinajstić information content (AvgIpc) is 2.55. The highest BCUT2D eigenvalue weighted by Gasteiger charge is 2.16. The summed E-state index contributed by atoms with van der Waals surface area (Å²) >= 11 is 1.55. The summed E-state index contributed by atoms with van der Waals surface area (Å²) in [6.07, 6.45) is 3.14. The number of hydrogen-bond acceptors (Lipinski definition) is 3. The highest BCUT2D eigenvalue weighted by Crippen LogP contribution is 2.26. The van der Waals surface area contributed by atoms with E-state index in [-0.39, 0.29) is 11.8 Å². The predicted molar refractivity (Wildman–Crippen MR) is 89.6 cm³/mol. The number of rotatable bonds is 3. The van der Waals surface area contributed by atoms with Crippen molar-refractivity contribution in [1.82, 2.24) is 0 Å². The van der Waals surface area contributed by atoms with E-state index in [1.165, 1.54) is 0 Å². The monoisotopic (exact) mass is 312 g/mol. The second-order valence-electron chi connectivity index (χ2n) is 5.07. The first-order chi connectivity index (χ1) is 10.7. The second kappa shape index (κ2) is 6.23. The Labute approximate surface area is 133 Å². The SMILES string of the molecule is CSc1ccccc1C(=O)Nc1ccc2c(c1)CCC(=O)N2. The molecule has 22 heavy (non-hydrogen) atoms. The fourth-order valence-corrected chi connectivity index (χ4v) is 3.09. The zero-order valence-corrected chi connectivity index (χ0v) is 13.0. The van der Waals surface area contributed by atoms with E-state index in [1.54, 1.807) is 11.8 Å². The molecule has 0 saturated carbocycles. The van der Waals surface area contributed by atoms with Crippen LogP contribution in [0.2, 0.25) is 0 Å². The number of hydrogen-bond donors (Lipinski definition) is 2. The van der Waals surface area contributed by atoms with E-state index in [9.17, 15) is 9.59 Å². The Morgan fingerprint density at radius 1 is 1.18 bits per heavy atom. The standard InChI is InChI=1S/C17H16N2O2S/c1-22-15-5-3-2-4-13(15)17(21)18-12-7-8-14-11(10-12)6-9-16(20)19-14/h2-5,7-8,10H,6,9H2,1H3,(H,18,21)(H,19,20). The van der Waals surface area contributed by atoms with E-state index in [0.717, 1.165) is 21.8 Å². The molecule has 0 fully saturated rings. The van der Waals surface area contributed by atoms with Gasteiger partial charge in [-0.2, -0.15) is 0 Å². The Bertz CT molecular complexity index is 743. The average molecular weight is 312 g/mol. The van der Waals surface area contributed by atoms with Crippen LogP contribution in [0.25, 0.3) is 0 Å². The topological polar surface area (TPSA) is 58.2 Å². The van der Waals surface area contributed by atoms with Crippen LogP contribution in [0.4, 0.5) is 11.4 Å². The van der Waals surface area contributed by atoms with Gasteiger partial charge in [0.2, 0.25) is 5.91 Å². The first-order valence-electron chi connectivity index (χ1n) is 7.04. The predicted octanol–water partition coefficient (Wildman–Crippen LogP) is 3.55. The van der Waals surface area contributed by atoms with Crippen LogP contribution in [0.5, 0.6) is 0 Å². The summed E-state index contributed by atoms with van der Waals surface area (Å²) < 4.78 is 0. The molecule has 0 unspecified atom stereocenters. The lowest BCUT2D eigenvalue weighted by Crippen LogP contribution is -2.19. The quantitative estimate of drug-likeness (QED) is 0.852. The molecule has 0 aliphatic carbocycles. The first kappa shape index (κ1) is 14.7. The molecule has 0 spiro atoms. The molecule has 1 aliphatic rings. The van der Waals surface area contributed by atoms with Gasteiger partial charge in [0.05, 0.1) is 5.56 Å². The molecule has 0 aromatic heterocycles. The lowest BCUT2D eigenvalue weighted by molar-refractivity contribution is -0.116. The van der Waals surface area contributed by atoms with Crippen LogP contribution in [-0.4, -0.2) is 18.1 Å². The Morgan fingerprint density at radius 3 is 2.82 bits per heavy atom. The Hall–Kier alpha value is -2.27. The minimum atomic E-state index is -0.121. The number of amides is 2. The van der Waals surface area contributed by atoms with Crippen molar-refractivity contribution in [3.8, 4) is 0 Å². The molecule has 2 amide bonds. The van der Waals surface area contributed by atoms with Crippen molar-refractivity contribution >= 4 is 35.0 Å². The van der Waals surface area contributed by atoms with Crippen molar-refractivity contribution in [2.45, 2.75) is 17.7 Å². The highest BCUT2D eigenvalue weighted by molar-refractivity contribution is 7.98. The summed E-state index contributed by atoms with van der Waals surface area (Å²) in [5.41, 5.74) is 3.30. The Balaban J connectivity index is 1.81. The smallest absolute Gasteiger partial charge is 0.256 e. The maximum Gasteiger partial charge on any atom is 0.256 e. The molecular formula is C17H16N2O2S. The van der Waals surface area contributed by atoms with E-state index in [4.69, 9.17) is 0 Å². The molecule has 3 rings (SSSR count). The number of anilines is 2. The zero-order valence-electron chi connectivity index (χ0n) is 12.2. The second-order valence-corrected chi connectivity index (χ2v) is 5.92. The number of benzene rings is 2. The Morgan fingerprint density at radius 2 is 2.00 bits per heavy atom. The molecule has 0 bridgehead atoms. The molecule has 0 saturated heterocycles. The molecule has 2 aromatic carbocycles. The van der Waals surface area contributed by atoms with Crippen molar-refractivity contribution in [2.75, 3.05) is 16.9 Å². The molecule has 5 heteroatoms. The minimum absolute atomic E-state index is 0.0400. The molecule has 1 aliphatic heterocycles. The third kappa shape index (κ3) is 2.99. The van der Waals surface area contributed by atoms with Gasteiger partial charge in [-0.1, -0.05) is 12.1 Å². The summed E-state index contributed by atoms with van der Waals surface area (Å²) in [7, 11) is 0. The van der Waals surface area contributed by atoms with Gasteiger partial charge in [-0.25, -0.2) is 0 Å². The summed E-state index contributed by atoms with van der Waals surface area (Å²) in [6.45, 7) is 0. The fraction of sp³-hybridized carbons (Fsp3) is 0.176. The summed E-state index contributed by atoms with van der Waals surface area (Å²) in [5.74, 6) is -0.0806. The molecule has 2 aromatic rings. The van der Waals surface area contributed by atoms with Gasteiger partial charge in [0.15, 0.2) is 0 Å². The van der Waals surface area contributed by atoms with Crippen LogP contribution in [0.3, 0.4) is 0 Å². The first-order valence-corrected chi connectivity index (χ1v) is 8.27. The highest BCUT2D eigenvalue weighted by atomic mass is 32.2. The van der Waals surface area contributed by atoms with Crippen LogP contribution in [0.1, 0.15) is 22.3 Å². The van der Waals surface area contributed by atoms with E-state index in [0.29, 0.717) is 18.4 Å².